The van der Waals surface area contributed by atoms with E-state index in [1.807, 2.05) is 55.5 Å². The van der Waals surface area contributed by atoms with E-state index in [-0.39, 0.29) is 13.2 Å². The summed E-state index contributed by atoms with van der Waals surface area (Å²) in [5.74, 6) is 2.79. The lowest BCUT2D eigenvalue weighted by atomic mass is 10.1. The Morgan fingerprint density at radius 1 is 1.00 bits per heavy atom. The summed E-state index contributed by atoms with van der Waals surface area (Å²) in [5, 5.41) is 4.46. The van der Waals surface area contributed by atoms with Gasteiger partial charge in [0.2, 0.25) is 5.88 Å². The summed E-state index contributed by atoms with van der Waals surface area (Å²) < 4.78 is 24.8. The van der Waals surface area contributed by atoms with Crippen LogP contribution in [0.2, 0.25) is 0 Å². The van der Waals surface area contributed by atoms with Gasteiger partial charge >= 0.3 is 0 Å². The Hall–Kier alpha value is -4.59. The van der Waals surface area contributed by atoms with Gasteiger partial charge in [-0.05, 0) is 54.3 Å². The van der Waals surface area contributed by atoms with Crippen molar-refractivity contribution in [1.29, 1.82) is 0 Å². The molecular weight excluding hydrogens is 470 g/mol. The van der Waals surface area contributed by atoms with Gasteiger partial charge in [-0.2, -0.15) is 0 Å². The topological polar surface area (TPSA) is 92.5 Å². The Labute approximate surface area is 214 Å². The van der Waals surface area contributed by atoms with Crippen molar-refractivity contribution in [3.8, 4) is 23.3 Å². The first kappa shape index (κ1) is 24.1. The lowest BCUT2D eigenvalue weighted by Gasteiger charge is -2.12. The van der Waals surface area contributed by atoms with Crippen LogP contribution in [0, 0.1) is 6.92 Å². The molecule has 0 amide bonds. The van der Waals surface area contributed by atoms with Crippen molar-refractivity contribution < 1.29 is 23.1 Å². The summed E-state index contributed by atoms with van der Waals surface area (Å²) in [7, 11) is 0. The fraction of sp³-hybridized carbons (Fsp3) is 0.207. The molecule has 0 N–H and O–H groups in total. The van der Waals surface area contributed by atoms with Crippen molar-refractivity contribution in [3.05, 3.63) is 107 Å². The van der Waals surface area contributed by atoms with Gasteiger partial charge in [-0.25, -0.2) is 4.98 Å². The van der Waals surface area contributed by atoms with Crippen molar-refractivity contribution >= 4 is 6.29 Å². The van der Waals surface area contributed by atoms with E-state index < -0.39 is 0 Å². The smallest absolute Gasteiger partial charge is 0.263 e. The van der Waals surface area contributed by atoms with Crippen LogP contribution in [-0.2, 0) is 26.2 Å². The number of furan rings is 1. The highest BCUT2D eigenvalue weighted by atomic mass is 16.5. The third-order valence-corrected chi connectivity index (χ3v) is 5.94. The number of aryl methyl sites for hydroxylation is 2. The van der Waals surface area contributed by atoms with Gasteiger partial charge in [0.1, 0.15) is 30.4 Å². The Bertz CT molecular complexity index is 1470. The molecule has 0 bridgehead atoms. The van der Waals surface area contributed by atoms with Crippen LogP contribution >= 0.6 is 0 Å². The van der Waals surface area contributed by atoms with E-state index in [4.69, 9.17) is 18.3 Å². The number of hydrogen-bond donors (Lipinski definition) is 0. The molecule has 0 fully saturated rings. The third-order valence-electron chi connectivity index (χ3n) is 5.94. The fourth-order valence-electron chi connectivity index (χ4n) is 3.97. The molecule has 8 heteroatoms. The first-order chi connectivity index (χ1) is 18.1. The van der Waals surface area contributed by atoms with Crippen LogP contribution in [0.1, 0.15) is 45.4 Å². The first-order valence-corrected chi connectivity index (χ1v) is 12.1. The predicted molar refractivity (Wildman–Crippen MR) is 137 cm³/mol. The number of aromatic nitrogens is 3. The molecule has 2 aromatic carbocycles. The summed E-state index contributed by atoms with van der Waals surface area (Å²) in [6.45, 7) is 5.05. The molecule has 0 aliphatic heterocycles. The lowest BCUT2D eigenvalue weighted by Crippen LogP contribution is -2.03. The number of nitrogens with zero attached hydrogens (tertiary/aromatic N) is 3. The number of hydrogen-bond acceptors (Lipinski definition) is 7. The summed E-state index contributed by atoms with van der Waals surface area (Å²) in [5.41, 5.74) is 4.22. The maximum atomic E-state index is 11.6. The number of carbonyl (C=O) groups excluding carboxylic acids is 1. The van der Waals surface area contributed by atoms with E-state index in [0.29, 0.717) is 41.1 Å². The molecule has 0 aliphatic rings. The molecule has 0 atom stereocenters. The average Bonchev–Trinajstić information content (AvgIpc) is 3.67. The minimum absolute atomic E-state index is 0.278. The van der Waals surface area contributed by atoms with Gasteiger partial charge in [0.15, 0.2) is 12.0 Å². The van der Waals surface area contributed by atoms with Crippen LogP contribution < -0.4 is 9.47 Å². The standard InChI is InChI=1S/C29H27N3O5/c1-3-23-14-22(18-36-28-24(17-33)16-32(31-28)15-21-8-5-4-6-9-21)11-12-26(23)35-19-25-20(2)37-29(30-25)27-10-7-13-34-27/h4-14,16-17H,3,15,18-19H2,1-2H3. The van der Waals surface area contributed by atoms with Gasteiger partial charge in [-0.15, -0.1) is 5.10 Å². The van der Waals surface area contributed by atoms with E-state index >= 15 is 0 Å². The SMILES string of the molecule is CCc1cc(COc2nn(Cc3ccccc3)cc2C=O)ccc1OCc1nc(-c2ccco2)oc1C. The number of ether oxygens (including phenoxy) is 2. The van der Waals surface area contributed by atoms with Crippen molar-refractivity contribution in [1.82, 2.24) is 14.8 Å². The van der Waals surface area contributed by atoms with Crippen molar-refractivity contribution in [2.75, 3.05) is 0 Å². The van der Waals surface area contributed by atoms with Gasteiger partial charge in [0.25, 0.3) is 5.89 Å². The van der Waals surface area contributed by atoms with Gasteiger partial charge < -0.3 is 18.3 Å². The first-order valence-electron chi connectivity index (χ1n) is 12.1. The lowest BCUT2D eigenvalue weighted by molar-refractivity contribution is 0.111. The number of benzene rings is 2. The van der Waals surface area contributed by atoms with Crippen molar-refractivity contribution in [3.63, 3.8) is 0 Å². The number of aldehydes is 1. The molecule has 0 saturated heterocycles. The van der Waals surface area contributed by atoms with Gasteiger partial charge in [0, 0.05) is 6.20 Å². The van der Waals surface area contributed by atoms with Crippen LogP contribution in [-0.4, -0.2) is 21.1 Å². The quantitative estimate of drug-likeness (QED) is 0.206. The van der Waals surface area contributed by atoms with Gasteiger partial charge in [-0.1, -0.05) is 43.3 Å². The minimum Gasteiger partial charge on any atom is -0.487 e. The highest BCUT2D eigenvalue weighted by Crippen LogP contribution is 2.26. The van der Waals surface area contributed by atoms with E-state index in [0.717, 1.165) is 35.1 Å². The van der Waals surface area contributed by atoms with E-state index in [2.05, 4.69) is 17.0 Å². The normalized spacial score (nSPS) is 11.0. The molecule has 0 saturated carbocycles. The second kappa shape index (κ2) is 11.0. The molecule has 0 unspecified atom stereocenters. The zero-order chi connectivity index (χ0) is 25.6. The van der Waals surface area contributed by atoms with Crippen LogP contribution in [0.15, 0.2) is 82.0 Å². The fourth-order valence-corrected chi connectivity index (χ4v) is 3.97. The summed E-state index contributed by atoms with van der Waals surface area (Å²) in [4.78, 5) is 16.1. The molecule has 0 aliphatic carbocycles. The van der Waals surface area contributed by atoms with Crippen molar-refractivity contribution in [2.45, 2.75) is 40.0 Å². The second-order valence-corrected chi connectivity index (χ2v) is 8.56. The maximum absolute atomic E-state index is 11.6. The highest BCUT2D eigenvalue weighted by molar-refractivity contribution is 5.77. The molecule has 5 aromatic rings. The van der Waals surface area contributed by atoms with E-state index in [9.17, 15) is 4.79 Å². The zero-order valence-corrected chi connectivity index (χ0v) is 20.7. The zero-order valence-electron chi connectivity index (χ0n) is 20.7. The molecular formula is C29H27N3O5. The minimum atomic E-state index is 0.278. The molecule has 3 aromatic heterocycles. The van der Waals surface area contributed by atoms with Crippen molar-refractivity contribution in [2.24, 2.45) is 0 Å². The summed E-state index contributed by atoms with van der Waals surface area (Å²) >= 11 is 0. The number of carbonyl (C=O) groups is 1. The molecule has 8 nitrogen and oxygen atoms in total. The average molecular weight is 498 g/mol. The van der Waals surface area contributed by atoms with Gasteiger partial charge in [0.05, 0.1) is 18.4 Å². The van der Waals surface area contributed by atoms with E-state index in [1.165, 1.54) is 0 Å². The van der Waals surface area contributed by atoms with Crippen LogP contribution in [0.5, 0.6) is 11.6 Å². The van der Waals surface area contributed by atoms with Crippen LogP contribution in [0.4, 0.5) is 0 Å². The van der Waals surface area contributed by atoms with E-state index in [1.54, 1.807) is 29.3 Å². The Balaban J connectivity index is 1.23. The van der Waals surface area contributed by atoms with Crippen LogP contribution in [0.3, 0.4) is 0 Å². The maximum Gasteiger partial charge on any atom is 0.263 e. The number of oxazole rings is 1. The summed E-state index contributed by atoms with van der Waals surface area (Å²) in [6.07, 6.45) is 4.83. The summed E-state index contributed by atoms with van der Waals surface area (Å²) in [6, 6.07) is 19.4. The van der Waals surface area contributed by atoms with Crippen LogP contribution in [0.25, 0.3) is 11.7 Å². The number of rotatable bonds is 11. The molecule has 3 heterocycles. The third kappa shape index (κ3) is 5.64. The molecule has 0 spiro atoms. The predicted octanol–water partition coefficient (Wildman–Crippen LogP) is 6.02. The van der Waals surface area contributed by atoms with Gasteiger partial charge in [-0.3, -0.25) is 9.48 Å². The second-order valence-electron chi connectivity index (χ2n) is 8.56. The molecule has 37 heavy (non-hydrogen) atoms. The molecule has 5 rings (SSSR count). The molecule has 188 valence electrons. The molecule has 0 radical (unpaired) electrons. The Morgan fingerprint density at radius 3 is 2.62 bits per heavy atom. The Morgan fingerprint density at radius 2 is 1.86 bits per heavy atom. The largest absolute Gasteiger partial charge is 0.487 e. The highest BCUT2D eigenvalue weighted by Gasteiger charge is 2.15. The Kier molecular flexibility index (Phi) is 7.16. The monoisotopic (exact) mass is 497 g/mol.